The number of carboxylic acid groups (broad SMARTS) is 1. The third kappa shape index (κ3) is 6.11. The molecule has 1 amide bonds. The summed E-state index contributed by atoms with van der Waals surface area (Å²) in [4.78, 5) is 26.4. The normalized spacial score (nSPS) is 10.9. The lowest BCUT2D eigenvalue weighted by molar-refractivity contribution is 0.0529. The molecule has 21 heavy (non-hydrogen) atoms. The molecule has 7 heteroatoms. The lowest BCUT2D eigenvalue weighted by Crippen LogP contribution is -2.35. The Bertz CT molecular complexity index is 523. The molecular formula is C14H21N3O4. The van der Waals surface area contributed by atoms with Gasteiger partial charge in [-0.1, -0.05) is 0 Å². The third-order valence-corrected chi connectivity index (χ3v) is 2.38. The van der Waals surface area contributed by atoms with Gasteiger partial charge in [-0.3, -0.25) is 4.98 Å². The summed E-state index contributed by atoms with van der Waals surface area (Å²) in [5.41, 5.74) is 0.734. The molecule has 1 aromatic heterocycles. The van der Waals surface area contributed by atoms with E-state index in [1.165, 1.54) is 6.20 Å². The molecule has 0 bridgehead atoms. The molecular weight excluding hydrogens is 274 g/mol. The highest BCUT2D eigenvalue weighted by molar-refractivity contribution is 5.93. The Balaban J connectivity index is 2.48. The summed E-state index contributed by atoms with van der Waals surface area (Å²) >= 11 is 0. The molecule has 0 aliphatic rings. The number of alkyl carbamates (subject to hydrolysis) is 1. The van der Waals surface area contributed by atoms with Crippen LogP contribution in [0.2, 0.25) is 0 Å². The van der Waals surface area contributed by atoms with Crippen LogP contribution in [0.4, 0.5) is 10.5 Å². The SMILES string of the molecule is Cc1cc(NCCNC(=O)OC(C)(C)C)c(C(=O)O)cn1. The standard InChI is InChI=1S/C14H21N3O4/c1-9-7-11(10(8-17-9)12(18)19)15-5-6-16-13(20)21-14(2,3)4/h7-8H,5-6H2,1-4H3,(H,15,17)(H,16,20)(H,18,19). The van der Waals surface area contributed by atoms with Crippen LogP contribution in [-0.4, -0.2) is 40.8 Å². The lowest BCUT2D eigenvalue weighted by atomic mass is 10.2. The van der Waals surface area contributed by atoms with Crippen LogP contribution in [0.3, 0.4) is 0 Å². The molecule has 0 aliphatic heterocycles. The number of carbonyl (C=O) groups is 2. The number of nitrogens with one attached hydrogen (secondary N) is 2. The van der Waals surface area contributed by atoms with Crippen molar-refractivity contribution in [3.8, 4) is 0 Å². The number of carbonyl (C=O) groups excluding carboxylic acids is 1. The number of aromatic carboxylic acids is 1. The number of aromatic nitrogens is 1. The Morgan fingerprint density at radius 2 is 2.00 bits per heavy atom. The maximum Gasteiger partial charge on any atom is 0.407 e. The molecule has 1 heterocycles. The zero-order valence-corrected chi connectivity index (χ0v) is 12.7. The zero-order chi connectivity index (χ0) is 16.0. The van der Waals surface area contributed by atoms with E-state index < -0.39 is 17.7 Å². The van der Waals surface area contributed by atoms with Crippen molar-refractivity contribution in [3.05, 3.63) is 23.5 Å². The number of pyridine rings is 1. The first-order chi connectivity index (χ1) is 9.69. The zero-order valence-electron chi connectivity index (χ0n) is 12.7. The minimum atomic E-state index is -1.05. The highest BCUT2D eigenvalue weighted by Gasteiger charge is 2.15. The van der Waals surface area contributed by atoms with Crippen LogP contribution in [0.15, 0.2) is 12.3 Å². The summed E-state index contributed by atoms with van der Waals surface area (Å²) in [6, 6.07) is 1.65. The molecule has 0 atom stereocenters. The molecule has 0 unspecified atom stereocenters. The van der Waals surface area contributed by atoms with Crippen molar-refractivity contribution in [3.63, 3.8) is 0 Å². The van der Waals surface area contributed by atoms with Crippen LogP contribution in [0, 0.1) is 6.92 Å². The maximum atomic E-state index is 11.4. The number of carboxylic acids is 1. The molecule has 0 fully saturated rings. The van der Waals surface area contributed by atoms with Gasteiger partial charge in [0.05, 0.1) is 5.69 Å². The first-order valence-electron chi connectivity index (χ1n) is 6.60. The number of anilines is 1. The quantitative estimate of drug-likeness (QED) is 0.719. The highest BCUT2D eigenvalue weighted by atomic mass is 16.6. The van der Waals surface area contributed by atoms with Crippen LogP contribution in [0.5, 0.6) is 0 Å². The molecule has 7 nitrogen and oxygen atoms in total. The Kier molecular flexibility index (Phi) is 5.52. The molecule has 1 rings (SSSR count). The Labute approximate surface area is 123 Å². The van der Waals surface area contributed by atoms with Crippen LogP contribution >= 0.6 is 0 Å². The van der Waals surface area contributed by atoms with Gasteiger partial charge in [-0.25, -0.2) is 9.59 Å². The first kappa shape index (κ1) is 16.7. The van der Waals surface area contributed by atoms with Crippen molar-refractivity contribution in [2.75, 3.05) is 18.4 Å². The fourth-order valence-corrected chi connectivity index (χ4v) is 1.55. The number of ether oxygens (including phenoxy) is 1. The monoisotopic (exact) mass is 295 g/mol. The summed E-state index contributed by atoms with van der Waals surface area (Å²) in [5.74, 6) is -1.05. The molecule has 0 aliphatic carbocycles. The van der Waals surface area contributed by atoms with Crippen molar-refractivity contribution >= 4 is 17.7 Å². The molecule has 1 aromatic rings. The average Bonchev–Trinajstić information content (AvgIpc) is 2.32. The third-order valence-electron chi connectivity index (χ3n) is 2.38. The van der Waals surface area contributed by atoms with E-state index in [0.717, 1.165) is 0 Å². The minimum Gasteiger partial charge on any atom is -0.478 e. The Morgan fingerprint density at radius 3 is 2.57 bits per heavy atom. The molecule has 0 radical (unpaired) electrons. The number of aryl methyl sites for hydroxylation is 1. The second-order valence-corrected chi connectivity index (χ2v) is 5.53. The Hall–Kier alpha value is -2.31. The number of hydrogen-bond acceptors (Lipinski definition) is 5. The molecule has 0 saturated carbocycles. The van der Waals surface area contributed by atoms with Gasteiger partial charge in [0.25, 0.3) is 0 Å². The smallest absolute Gasteiger partial charge is 0.407 e. The van der Waals surface area contributed by atoms with E-state index in [9.17, 15) is 9.59 Å². The van der Waals surface area contributed by atoms with E-state index in [1.54, 1.807) is 33.8 Å². The lowest BCUT2D eigenvalue weighted by Gasteiger charge is -2.19. The number of rotatable bonds is 5. The second-order valence-electron chi connectivity index (χ2n) is 5.53. The summed E-state index contributed by atoms with van der Waals surface area (Å²) in [6.45, 7) is 7.81. The van der Waals surface area contributed by atoms with Crippen LogP contribution in [-0.2, 0) is 4.74 Å². The van der Waals surface area contributed by atoms with Crippen LogP contribution in [0.25, 0.3) is 0 Å². The maximum absolute atomic E-state index is 11.4. The van der Waals surface area contributed by atoms with Crippen molar-refractivity contribution in [2.24, 2.45) is 0 Å². The van der Waals surface area contributed by atoms with E-state index in [0.29, 0.717) is 24.5 Å². The van der Waals surface area contributed by atoms with E-state index in [2.05, 4.69) is 15.6 Å². The fraction of sp³-hybridized carbons (Fsp3) is 0.500. The largest absolute Gasteiger partial charge is 0.478 e. The van der Waals surface area contributed by atoms with E-state index in [4.69, 9.17) is 9.84 Å². The van der Waals surface area contributed by atoms with Gasteiger partial charge >= 0.3 is 12.1 Å². The van der Waals surface area contributed by atoms with Crippen LogP contribution in [0.1, 0.15) is 36.8 Å². The molecule has 3 N–H and O–H groups in total. The number of hydrogen-bond donors (Lipinski definition) is 3. The molecule has 0 saturated heterocycles. The van der Waals surface area contributed by atoms with Crippen molar-refractivity contribution < 1.29 is 19.4 Å². The summed E-state index contributed by atoms with van der Waals surface area (Å²) < 4.78 is 5.09. The predicted octanol–water partition coefficient (Wildman–Crippen LogP) is 2.02. The number of amides is 1. The van der Waals surface area contributed by atoms with Gasteiger partial charge in [-0.05, 0) is 33.8 Å². The topological polar surface area (TPSA) is 101 Å². The van der Waals surface area contributed by atoms with Crippen LogP contribution < -0.4 is 10.6 Å². The van der Waals surface area contributed by atoms with Crippen molar-refractivity contribution in [1.82, 2.24) is 10.3 Å². The highest BCUT2D eigenvalue weighted by Crippen LogP contribution is 2.15. The fourth-order valence-electron chi connectivity index (χ4n) is 1.55. The molecule has 116 valence electrons. The average molecular weight is 295 g/mol. The second kappa shape index (κ2) is 6.92. The Morgan fingerprint density at radius 1 is 1.33 bits per heavy atom. The van der Waals surface area contributed by atoms with Crippen molar-refractivity contribution in [2.45, 2.75) is 33.3 Å². The van der Waals surface area contributed by atoms with Gasteiger partial charge in [0, 0.05) is 25.0 Å². The van der Waals surface area contributed by atoms with Gasteiger partial charge in [0.2, 0.25) is 0 Å². The van der Waals surface area contributed by atoms with Gasteiger partial charge in [0.15, 0.2) is 0 Å². The first-order valence-corrected chi connectivity index (χ1v) is 6.60. The molecule has 0 aromatic carbocycles. The van der Waals surface area contributed by atoms with E-state index in [-0.39, 0.29) is 5.56 Å². The summed E-state index contributed by atoms with van der Waals surface area (Å²) in [5, 5.41) is 14.6. The number of nitrogens with zero attached hydrogens (tertiary/aromatic N) is 1. The summed E-state index contributed by atoms with van der Waals surface area (Å²) in [7, 11) is 0. The predicted molar refractivity (Wildman–Crippen MR) is 78.7 cm³/mol. The van der Waals surface area contributed by atoms with E-state index >= 15 is 0 Å². The minimum absolute atomic E-state index is 0.0952. The van der Waals surface area contributed by atoms with Gasteiger partial charge in [-0.15, -0.1) is 0 Å². The molecule has 0 spiro atoms. The van der Waals surface area contributed by atoms with Gasteiger partial charge in [-0.2, -0.15) is 0 Å². The summed E-state index contributed by atoms with van der Waals surface area (Å²) in [6.07, 6.45) is 0.801. The van der Waals surface area contributed by atoms with Crippen molar-refractivity contribution in [1.29, 1.82) is 0 Å². The van der Waals surface area contributed by atoms with Gasteiger partial charge in [0.1, 0.15) is 11.2 Å². The van der Waals surface area contributed by atoms with E-state index in [1.807, 2.05) is 0 Å². The van der Waals surface area contributed by atoms with Gasteiger partial charge < -0.3 is 20.5 Å².